The van der Waals surface area contributed by atoms with E-state index in [9.17, 15) is 0 Å². The average Bonchev–Trinajstić information content (AvgIpc) is 2.62. The molecule has 0 saturated heterocycles. The van der Waals surface area contributed by atoms with Crippen LogP contribution in [0.25, 0.3) is 0 Å². The Hall–Kier alpha value is 1.30. The Kier molecular flexibility index (Phi) is 8.63. The minimum Gasteiger partial charge on any atom is -1.00 e. The van der Waals surface area contributed by atoms with Gasteiger partial charge in [0.05, 0.1) is 0 Å². The van der Waals surface area contributed by atoms with E-state index in [1.165, 1.54) is 12.8 Å². The SMILES string of the molecule is CC1=C(C)[C]([Zr+2][C]2=C(C)CC(C)=C2C)=C(C)C1.[I-].[I-]. The summed E-state index contributed by atoms with van der Waals surface area (Å²) in [6, 6.07) is 0. The molecule has 0 atom stereocenters. The molecule has 2 aliphatic carbocycles. The van der Waals surface area contributed by atoms with Crippen LogP contribution in [0.4, 0.5) is 0 Å². The molecule has 0 amide bonds. The van der Waals surface area contributed by atoms with E-state index in [0.717, 1.165) is 0 Å². The molecule has 0 unspecified atom stereocenters. The molecule has 0 spiro atoms. The van der Waals surface area contributed by atoms with Gasteiger partial charge in [-0.25, -0.2) is 0 Å². The van der Waals surface area contributed by atoms with Crippen LogP contribution in [-0.2, 0) is 23.2 Å². The summed E-state index contributed by atoms with van der Waals surface area (Å²) in [5, 5.41) is 0. The van der Waals surface area contributed by atoms with Crippen LogP contribution < -0.4 is 48.0 Å². The summed E-state index contributed by atoms with van der Waals surface area (Å²) < 4.78 is 3.55. The Labute approximate surface area is 163 Å². The summed E-state index contributed by atoms with van der Waals surface area (Å²) >= 11 is -0.560. The molecule has 3 heteroatoms. The quantitative estimate of drug-likeness (QED) is 0.386. The van der Waals surface area contributed by atoms with Gasteiger partial charge in [-0.2, -0.15) is 0 Å². The molecule has 2 rings (SSSR count). The number of hydrogen-bond acceptors (Lipinski definition) is 0. The summed E-state index contributed by atoms with van der Waals surface area (Å²) in [6.45, 7) is 13.9. The maximum Gasteiger partial charge on any atom is -1.00 e. The molecular weight excluding hydrogens is 537 g/mol. The van der Waals surface area contributed by atoms with Gasteiger partial charge in [0, 0.05) is 0 Å². The molecule has 0 nitrogen and oxygen atoms in total. The summed E-state index contributed by atoms with van der Waals surface area (Å²) in [5.41, 5.74) is 9.76. The molecule has 0 saturated carbocycles. The van der Waals surface area contributed by atoms with Crippen LogP contribution in [0, 0.1) is 0 Å². The zero-order valence-corrected chi connectivity index (χ0v) is 19.4. The van der Waals surface area contributed by atoms with Crippen LogP contribution >= 0.6 is 0 Å². The van der Waals surface area contributed by atoms with E-state index in [2.05, 4.69) is 41.5 Å². The van der Waals surface area contributed by atoms with E-state index in [1.807, 2.05) is 0 Å². The van der Waals surface area contributed by atoms with E-state index in [4.69, 9.17) is 0 Å². The van der Waals surface area contributed by atoms with Gasteiger partial charge in [-0.1, -0.05) is 0 Å². The van der Waals surface area contributed by atoms with Crippen molar-refractivity contribution in [2.24, 2.45) is 0 Å². The van der Waals surface area contributed by atoms with Crippen molar-refractivity contribution in [1.29, 1.82) is 0 Å². The van der Waals surface area contributed by atoms with Crippen molar-refractivity contribution in [3.05, 3.63) is 40.0 Å². The molecule has 0 heterocycles. The standard InChI is InChI=1S/2C8H11.2HI.Zr/c2*1-6-4-7(2)8(3)5-6;;;/h2*4H2,1-3H3;2*1H;/q;;;;+2/p-2. The summed E-state index contributed by atoms with van der Waals surface area (Å²) in [5.74, 6) is 0. The van der Waals surface area contributed by atoms with Gasteiger partial charge in [-0.15, -0.1) is 0 Å². The molecule has 0 fully saturated rings. The molecule has 19 heavy (non-hydrogen) atoms. The first-order valence-electron chi connectivity index (χ1n) is 6.41. The van der Waals surface area contributed by atoms with E-state index in [0.29, 0.717) is 0 Å². The van der Waals surface area contributed by atoms with E-state index in [1.54, 1.807) is 40.0 Å². The molecule has 0 aliphatic heterocycles. The monoisotopic (exact) mass is 558 g/mol. The van der Waals surface area contributed by atoms with Crippen molar-refractivity contribution in [2.75, 3.05) is 0 Å². The van der Waals surface area contributed by atoms with Gasteiger partial charge < -0.3 is 48.0 Å². The van der Waals surface area contributed by atoms with Crippen molar-refractivity contribution in [1.82, 2.24) is 0 Å². The Morgan fingerprint density at radius 3 is 1.11 bits per heavy atom. The Balaban J connectivity index is 0.00000162. The van der Waals surface area contributed by atoms with E-state index < -0.39 is 23.2 Å². The number of allylic oxidation sites excluding steroid dienone is 8. The largest absolute Gasteiger partial charge is 1.00 e. The molecule has 0 radical (unpaired) electrons. The van der Waals surface area contributed by atoms with Crippen LogP contribution in [0.15, 0.2) is 40.0 Å². The maximum atomic E-state index is 2.34. The van der Waals surface area contributed by atoms with Gasteiger partial charge in [-0.3, -0.25) is 0 Å². The second-order valence-electron chi connectivity index (χ2n) is 5.60. The minimum absolute atomic E-state index is 0. The first-order chi connectivity index (χ1) is 7.91. The molecule has 0 bridgehead atoms. The third-order valence-electron chi connectivity index (χ3n) is 4.19. The Bertz CT molecular complexity index is 459. The van der Waals surface area contributed by atoms with Gasteiger partial charge in [0.15, 0.2) is 0 Å². The van der Waals surface area contributed by atoms with Gasteiger partial charge in [-0.05, 0) is 0 Å². The summed E-state index contributed by atoms with van der Waals surface area (Å²) in [6.07, 6.45) is 2.46. The van der Waals surface area contributed by atoms with Crippen LogP contribution in [0.1, 0.15) is 54.4 Å². The fourth-order valence-electron chi connectivity index (χ4n) is 2.83. The molecule has 0 N–H and O–H groups in total. The van der Waals surface area contributed by atoms with Crippen molar-refractivity contribution in [3.8, 4) is 0 Å². The van der Waals surface area contributed by atoms with Crippen LogP contribution in [-0.4, -0.2) is 0 Å². The molecule has 2 aliphatic rings. The molecular formula is C16H22I2Zr. The van der Waals surface area contributed by atoms with Crippen molar-refractivity contribution in [3.63, 3.8) is 0 Å². The smallest absolute Gasteiger partial charge is 1.00 e. The average molecular weight is 559 g/mol. The van der Waals surface area contributed by atoms with E-state index in [-0.39, 0.29) is 48.0 Å². The van der Waals surface area contributed by atoms with Crippen LogP contribution in [0.5, 0.6) is 0 Å². The first-order valence-corrected chi connectivity index (χ1v) is 8.87. The van der Waals surface area contributed by atoms with Gasteiger partial charge in [0.2, 0.25) is 0 Å². The summed E-state index contributed by atoms with van der Waals surface area (Å²) in [4.78, 5) is 0. The Morgan fingerprint density at radius 2 is 0.895 bits per heavy atom. The third kappa shape index (κ3) is 4.15. The second kappa shape index (κ2) is 8.07. The number of hydrogen-bond donors (Lipinski definition) is 0. The number of halogens is 2. The fourth-order valence-corrected chi connectivity index (χ4v) is 6.90. The van der Waals surface area contributed by atoms with Crippen molar-refractivity contribution >= 4 is 0 Å². The van der Waals surface area contributed by atoms with Gasteiger partial charge in [0.1, 0.15) is 0 Å². The van der Waals surface area contributed by atoms with Gasteiger partial charge in [0.25, 0.3) is 0 Å². The normalized spacial score (nSPS) is 18.8. The third-order valence-corrected chi connectivity index (χ3v) is 9.37. The second-order valence-corrected chi connectivity index (χ2v) is 8.67. The first kappa shape index (κ1) is 20.3. The van der Waals surface area contributed by atoms with E-state index >= 15 is 0 Å². The van der Waals surface area contributed by atoms with Crippen LogP contribution in [0.3, 0.4) is 0 Å². The maximum absolute atomic E-state index is 2.34. The van der Waals surface area contributed by atoms with Crippen LogP contribution in [0.2, 0.25) is 0 Å². The molecule has 0 aromatic rings. The molecule has 0 aromatic heterocycles. The molecule has 104 valence electrons. The minimum atomic E-state index is -0.560. The fraction of sp³-hybridized carbons (Fsp3) is 0.500. The topological polar surface area (TPSA) is 0 Å². The predicted octanol–water partition coefficient (Wildman–Crippen LogP) is -0.895. The van der Waals surface area contributed by atoms with Crippen molar-refractivity contribution < 1.29 is 71.2 Å². The zero-order valence-electron chi connectivity index (χ0n) is 12.7. The molecule has 0 aromatic carbocycles. The predicted molar refractivity (Wildman–Crippen MR) is 71.4 cm³/mol. The Morgan fingerprint density at radius 1 is 0.579 bits per heavy atom. The summed E-state index contributed by atoms with van der Waals surface area (Å²) in [7, 11) is 0. The zero-order chi connectivity index (χ0) is 12.7. The van der Waals surface area contributed by atoms with Crippen molar-refractivity contribution in [2.45, 2.75) is 54.4 Å². The number of rotatable bonds is 2. The van der Waals surface area contributed by atoms with Gasteiger partial charge >= 0.3 is 118 Å².